The molecule has 0 bridgehead atoms. The number of nitrogens with zero attached hydrogens (tertiary/aromatic N) is 3. The molecule has 0 radical (unpaired) electrons. The first-order chi connectivity index (χ1) is 15.3. The number of sulfonamides is 1. The number of anilines is 1. The lowest BCUT2D eigenvalue weighted by Gasteiger charge is -2.28. The van der Waals surface area contributed by atoms with Gasteiger partial charge in [0, 0.05) is 6.07 Å². The molecule has 3 rings (SSSR count). The van der Waals surface area contributed by atoms with Gasteiger partial charge in [0.25, 0.3) is 21.6 Å². The van der Waals surface area contributed by atoms with Crippen LogP contribution < -0.4 is 9.62 Å². The molecule has 12 heteroatoms. The van der Waals surface area contributed by atoms with E-state index in [0.29, 0.717) is 0 Å². The van der Waals surface area contributed by atoms with Crippen LogP contribution in [0.5, 0.6) is 0 Å². The first-order valence-corrected chi connectivity index (χ1v) is 11.4. The fraction of sp³-hybridized carbons (Fsp3) is 0.333. The summed E-state index contributed by atoms with van der Waals surface area (Å²) >= 11 is 0. The first kappa shape index (κ1) is 24.1. The van der Waals surface area contributed by atoms with Gasteiger partial charge in [0.2, 0.25) is 0 Å². The maximum absolute atomic E-state index is 13.5. The third kappa shape index (κ3) is 4.81. The maximum atomic E-state index is 13.5. The number of carbonyl (C=O) groups is 2. The molecule has 11 nitrogen and oxygen atoms in total. The van der Waals surface area contributed by atoms with E-state index in [1.165, 1.54) is 44.2 Å². The van der Waals surface area contributed by atoms with Crippen LogP contribution in [0.4, 0.5) is 16.2 Å². The molecule has 2 aromatic carbocycles. The first-order valence-electron chi connectivity index (χ1n) is 9.99. The molecule has 0 spiro atoms. The Morgan fingerprint density at radius 1 is 1.15 bits per heavy atom. The third-order valence-electron chi connectivity index (χ3n) is 5.17. The second kappa shape index (κ2) is 8.79. The zero-order chi connectivity index (χ0) is 24.6. The summed E-state index contributed by atoms with van der Waals surface area (Å²) in [5.41, 5.74) is -1.08. The Morgan fingerprint density at radius 3 is 2.30 bits per heavy atom. The summed E-state index contributed by atoms with van der Waals surface area (Å²) < 4.78 is 27.6. The van der Waals surface area contributed by atoms with E-state index in [-0.39, 0.29) is 10.6 Å². The SMILES string of the molecule is Cc1ccc(S(=O)(=O)N(CC(O)CN2C(=O)NC(C)(C)C2=O)c2ccccc2[N+](=O)[O-])cc1. The number of imide groups is 1. The van der Waals surface area contributed by atoms with Gasteiger partial charge in [-0.15, -0.1) is 0 Å². The van der Waals surface area contributed by atoms with E-state index in [1.807, 2.05) is 0 Å². The molecule has 1 saturated heterocycles. The molecule has 0 aliphatic carbocycles. The topological polar surface area (TPSA) is 150 Å². The zero-order valence-electron chi connectivity index (χ0n) is 18.3. The van der Waals surface area contributed by atoms with E-state index in [9.17, 15) is 33.2 Å². The monoisotopic (exact) mass is 476 g/mol. The summed E-state index contributed by atoms with van der Waals surface area (Å²) in [7, 11) is -4.34. The molecule has 0 saturated carbocycles. The number of β-amino-alcohol motifs (C(OH)–C–C–N with tert-alkyl or cyclic N) is 1. The number of nitro benzene ring substituents is 1. The molecule has 1 heterocycles. The Bertz CT molecular complexity index is 1200. The Balaban J connectivity index is 2.00. The van der Waals surface area contributed by atoms with Crippen molar-refractivity contribution in [2.75, 3.05) is 17.4 Å². The van der Waals surface area contributed by atoms with E-state index in [0.717, 1.165) is 20.8 Å². The maximum Gasteiger partial charge on any atom is 0.325 e. The molecule has 1 aliphatic rings. The van der Waals surface area contributed by atoms with Crippen LogP contribution in [0.15, 0.2) is 53.4 Å². The highest BCUT2D eigenvalue weighted by atomic mass is 32.2. The summed E-state index contributed by atoms with van der Waals surface area (Å²) in [6, 6.07) is 10.4. The molecule has 33 heavy (non-hydrogen) atoms. The predicted molar refractivity (Wildman–Crippen MR) is 119 cm³/mol. The Kier molecular flexibility index (Phi) is 6.43. The molecule has 3 amide bonds. The second-order valence-corrected chi connectivity index (χ2v) is 10.1. The van der Waals surface area contributed by atoms with Gasteiger partial charge >= 0.3 is 6.03 Å². The van der Waals surface area contributed by atoms with E-state index < -0.39 is 57.3 Å². The van der Waals surface area contributed by atoms with Crippen molar-refractivity contribution in [2.45, 2.75) is 37.3 Å². The lowest BCUT2D eigenvalue weighted by molar-refractivity contribution is -0.384. The lowest BCUT2D eigenvalue weighted by atomic mass is 10.1. The number of nitro groups is 1. The Labute approximate surface area is 190 Å². The van der Waals surface area contributed by atoms with Crippen LogP contribution >= 0.6 is 0 Å². The molecular formula is C21H24N4O7S. The van der Waals surface area contributed by atoms with Crippen molar-refractivity contribution in [3.05, 3.63) is 64.2 Å². The van der Waals surface area contributed by atoms with Crippen LogP contribution in [0.25, 0.3) is 0 Å². The summed E-state index contributed by atoms with van der Waals surface area (Å²) in [5.74, 6) is -0.579. The van der Waals surface area contributed by atoms with E-state index in [2.05, 4.69) is 5.32 Å². The fourth-order valence-corrected chi connectivity index (χ4v) is 4.95. The number of nitrogens with one attached hydrogen (secondary N) is 1. The average Bonchev–Trinajstić information content (AvgIpc) is 2.93. The molecule has 1 unspecified atom stereocenters. The van der Waals surface area contributed by atoms with Gasteiger partial charge in [-0.1, -0.05) is 29.8 Å². The molecule has 1 fully saturated rings. The smallest absolute Gasteiger partial charge is 0.325 e. The molecule has 2 aromatic rings. The standard InChI is InChI=1S/C21H24N4O7S/c1-14-8-10-16(11-9-14)33(31,32)24(17-6-4-5-7-18(17)25(29)30)13-15(26)12-23-19(27)21(2,3)22-20(23)28/h4-11,15,26H,12-13H2,1-3H3,(H,22,28). The van der Waals surface area contributed by atoms with Crippen LogP contribution in [0.2, 0.25) is 0 Å². The number of hydrogen-bond donors (Lipinski definition) is 2. The summed E-state index contributed by atoms with van der Waals surface area (Å²) in [6.07, 6.45) is -1.52. The van der Waals surface area contributed by atoms with E-state index in [4.69, 9.17) is 0 Å². The molecular weight excluding hydrogens is 452 g/mol. The van der Waals surface area contributed by atoms with Gasteiger partial charge in [-0.25, -0.2) is 13.2 Å². The lowest BCUT2D eigenvalue weighted by Crippen LogP contribution is -2.45. The minimum Gasteiger partial charge on any atom is -0.389 e. The van der Waals surface area contributed by atoms with Gasteiger partial charge in [-0.2, -0.15) is 0 Å². The van der Waals surface area contributed by atoms with Crippen LogP contribution in [0, 0.1) is 17.0 Å². The van der Waals surface area contributed by atoms with Crippen LogP contribution in [0.3, 0.4) is 0 Å². The van der Waals surface area contributed by atoms with E-state index >= 15 is 0 Å². The minimum absolute atomic E-state index is 0.130. The molecule has 1 aliphatic heterocycles. The highest BCUT2D eigenvalue weighted by molar-refractivity contribution is 7.92. The summed E-state index contributed by atoms with van der Waals surface area (Å²) in [6.45, 7) is 3.66. The quantitative estimate of drug-likeness (QED) is 0.335. The van der Waals surface area contributed by atoms with Gasteiger partial charge in [0.05, 0.1) is 29.0 Å². The summed E-state index contributed by atoms with van der Waals surface area (Å²) in [4.78, 5) is 36.1. The number of hydrogen-bond acceptors (Lipinski definition) is 7. The van der Waals surface area contributed by atoms with Gasteiger partial charge in [0.1, 0.15) is 11.2 Å². The number of aryl methyl sites for hydroxylation is 1. The predicted octanol–water partition coefficient (Wildman–Crippen LogP) is 1.79. The number of urea groups is 1. The number of amides is 3. The van der Waals surface area contributed by atoms with Crippen molar-refractivity contribution in [1.29, 1.82) is 0 Å². The Morgan fingerprint density at radius 2 is 1.76 bits per heavy atom. The largest absolute Gasteiger partial charge is 0.389 e. The number of para-hydroxylation sites is 2. The van der Waals surface area contributed by atoms with Crippen LogP contribution in [-0.2, 0) is 14.8 Å². The minimum atomic E-state index is -4.34. The normalized spacial score (nSPS) is 16.4. The fourth-order valence-electron chi connectivity index (χ4n) is 3.44. The van der Waals surface area contributed by atoms with Crippen molar-refractivity contribution < 1.29 is 28.0 Å². The third-order valence-corrected chi connectivity index (χ3v) is 6.96. The van der Waals surface area contributed by atoms with Gasteiger partial charge in [0.15, 0.2) is 0 Å². The number of aliphatic hydroxyl groups is 1. The van der Waals surface area contributed by atoms with Crippen molar-refractivity contribution in [1.82, 2.24) is 10.2 Å². The molecule has 0 aromatic heterocycles. The van der Waals surface area contributed by atoms with E-state index in [1.54, 1.807) is 19.1 Å². The zero-order valence-corrected chi connectivity index (χ0v) is 19.1. The van der Waals surface area contributed by atoms with Gasteiger partial charge in [-0.3, -0.25) is 24.1 Å². The van der Waals surface area contributed by atoms with Crippen LogP contribution in [0.1, 0.15) is 19.4 Å². The highest BCUT2D eigenvalue weighted by Crippen LogP contribution is 2.32. The average molecular weight is 477 g/mol. The molecule has 176 valence electrons. The second-order valence-electron chi connectivity index (χ2n) is 8.22. The van der Waals surface area contributed by atoms with Crippen molar-refractivity contribution in [3.63, 3.8) is 0 Å². The molecule has 1 atom stereocenters. The van der Waals surface area contributed by atoms with Crippen LogP contribution in [-0.4, -0.2) is 60.0 Å². The van der Waals surface area contributed by atoms with Crippen molar-refractivity contribution in [3.8, 4) is 0 Å². The number of aliphatic hydroxyl groups excluding tert-OH is 1. The number of rotatable bonds is 8. The van der Waals surface area contributed by atoms with Crippen molar-refractivity contribution >= 4 is 33.3 Å². The number of carbonyl (C=O) groups excluding carboxylic acids is 2. The van der Waals surface area contributed by atoms with Gasteiger partial charge < -0.3 is 10.4 Å². The Hall–Kier alpha value is -3.51. The van der Waals surface area contributed by atoms with Gasteiger partial charge in [-0.05, 0) is 39.0 Å². The number of benzene rings is 2. The summed E-state index contributed by atoms with van der Waals surface area (Å²) in [5, 5.41) is 24.7. The highest BCUT2D eigenvalue weighted by Gasteiger charge is 2.45. The van der Waals surface area contributed by atoms with Crippen molar-refractivity contribution in [2.24, 2.45) is 0 Å². The molecule has 2 N–H and O–H groups in total.